The number of aliphatic hydroxyl groups excluding tert-OH is 1. The normalized spacial score (nSPS) is 36.4. The Balaban J connectivity index is 1.75. The van der Waals surface area contributed by atoms with Crippen molar-refractivity contribution < 1.29 is 19.8 Å². The molecule has 2 atom stereocenters. The third-order valence-corrected chi connectivity index (χ3v) is 3.54. The highest BCUT2D eigenvalue weighted by molar-refractivity contribution is 5.89. The molecule has 0 unspecified atom stereocenters. The Morgan fingerprint density at radius 1 is 1.25 bits per heavy atom. The molecule has 16 heavy (non-hydrogen) atoms. The van der Waals surface area contributed by atoms with E-state index in [1.165, 1.54) is 0 Å². The number of hydrogen-bond donors (Lipinski definition) is 2. The van der Waals surface area contributed by atoms with Crippen molar-refractivity contribution in [2.24, 2.45) is 17.8 Å². The second-order valence-electron chi connectivity index (χ2n) is 5.00. The van der Waals surface area contributed by atoms with E-state index < -0.39 is 11.9 Å². The van der Waals surface area contributed by atoms with Crippen LogP contribution in [-0.2, 0) is 9.59 Å². The standard InChI is InChI=1S/C11H17NO4/c1-12(5-6-2-7(13)3-6)10(14)8-4-9(8)11(15)16/h6-9,13H,2-5H2,1H3,(H,15,16)/t6?,7?,8-,9+/m1/s1. The van der Waals surface area contributed by atoms with Gasteiger partial charge in [0, 0.05) is 13.6 Å². The Morgan fingerprint density at radius 3 is 2.31 bits per heavy atom. The molecule has 5 nitrogen and oxygen atoms in total. The van der Waals surface area contributed by atoms with Crippen molar-refractivity contribution in [3.63, 3.8) is 0 Å². The van der Waals surface area contributed by atoms with Crippen molar-refractivity contribution in [2.75, 3.05) is 13.6 Å². The molecule has 2 rings (SSSR count). The maximum Gasteiger partial charge on any atom is 0.307 e. The smallest absolute Gasteiger partial charge is 0.307 e. The fraction of sp³-hybridized carbons (Fsp3) is 0.818. The lowest BCUT2D eigenvalue weighted by Crippen LogP contribution is -2.40. The topological polar surface area (TPSA) is 77.8 Å². The summed E-state index contributed by atoms with van der Waals surface area (Å²) in [5.74, 6) is -1.33. The number of carbonyl (C=O) groups is 2. The summed E-state index contributed by atoms with van der Waals surface area (Å²) in [6.07, 6.45) is 1.78. The van der Waals surface area contributed by atoms with E-state index in [4.69, 9.17) is 10.2 Å². The fourth-order valence-electron chi connectivity index (χ4n) is 2.35. The quantitative estimate of drug-likeness (QED) is 0.705. The van der Waals surface area contributed by atoms with E-state index in [1.807, 2.05) is 0 Å². The van der Waals surface area contributed by atoms with Crippen LogP contribution in [0, 0.1) is 17.8 Å². The van der Waals surface area contributed by atoms with Gasteiger partial charge in [-0.25, -0.2) is 0 Å². The van der Waals surface area contributed by atoms with E-state index in [2.05, 4.69) is 0 Å². The lowest BCUT2D eigenvalue weighted by Gasteiger charge is -2.34. The Morgan fingerprint density at radius 2 is 1.88 bits per heavy atom. The van der Waals surface area contributed by atoms with E-state index in [-0.39, 0.29) is 17.9 Å². The minimum Gasteiger partial charge on any atom is -0.481 e. The van der Waals surface area contributed by atoms with Crippen LogP contribution < -0.4 is 0 Å². The summed E-state index contributed by atoms with van der Waals surface area (Å²) >= 11 is 0. The molecule has 2 fully saturated rings. The molecule has 90 valence electrons. The summed E-state index contributed by atoms with van der Waals surface area (Å²) < 4.78 is 0. The van der Waals surface area contributed by atoms with Crippen LogP contribution >= 0.6 is 0 Å². The van der Waals surface area contributed by atoms with Gasteiger partial charge in [0.1, 0.15) is 0 Å². The fourth-order valence-corrected chi connectivity index (χ4v) is 2.35. The number of aliphatic carboxylic acids is 1. The third-order valence-electron chi connectivity index (χ3n) is 3.54. The van der Waals surface area contributed by atoms with E-state index in [0.717, 1.165) is 12.8 Å². The summed E-state index contributed by atoms with van der Waals surface area (Å²) in [5, 5.41) is 17.8. The van der Waals surface area contributed by atoms with Crippen LogP contribution in [0.25, 0.3) is 0 Å². The highest BCUT2D eigenvalue weighted by Gasteiger charge is 2.49. The lowest BCUT2D eigenvalue weighted by molar-refractivity contribution is -0.142. The van der Waals surface area contributed by atoms with Gasteiger partial charge < -0.3 is 15.1 Å². The molecule has 5 heteroatoms. The van der Waals surface area contributed by atoms with Crippen LogP contribution in [0.2, 0.25) is 0 Å². The molecule has 2 aliphatic rings. The first kappa shape index (κ1) is 11.4. The molecule has 2 aliphatic carbocycles. The number of amides is 1. The Kier molecular flexibility index (Phi) is 2.88. The molecule has 0 spiro atoms. The summed E-state index contributed by atoms with van der Waals surface area (Å²) in [6, 6.07) is 0. The molecular formula is C11H17NO4. The summed E-state index contributed by atoms with van der Waals surface area (Å²) in [7, 11) is 1.71. The van der Waals surface area contributed by atoms with E-state index >= 15 is 0 Å². The number of hydrogen-bond acceptors (Lipinski definition) is 3. The number of carboxylic acid groups (broad SMARTS) is 1. The van der Waals surface area contributed by atoms with Gasteiger partial charge in [-0.1, -0.05) is 0 Å². The Labute approximate surface area is 94.0 Å². The summed E-state index contributed by atoms with van der Waals surface area (Å²) in [5.41, 5.74) is 0. The maximum absolute atomic E-state index is 11.8. The van der Waals surface area contributed by atoms with Gasteiger partial charge in [-0.05, 0) is 25.2 Å². The number of rotatable bonds is 4. The van der Waals surface area contributed by atoms with E-state index in [0.29, 0.717) is 18.9 Å². The zero-order chi connectivity index (χ0) is 11.9. The highest BCUT2D eigenvalue weighted by Crippen LogP contribution is 2.40. The molecular weight excluding hydrogens is 210 g/mol. The van der Waals surface area contributed by atoms with Gasteiger partial charge in [0.2, 0.25) is 5.91 Å². The van der Waals surface area contributed by atoms with Gasteiger partial charge in [-0.2, -0.15) is 0 Å². The molecule has 2 saturated carbocycles. The third kappa shape index (κ3) is 2.19. The largest absolute Gasteiger partial charge is 0.481 e. The predicted molar refractivity (Wildman–Crippen MR) is 55.6 cm³/mol. The lowest BCUT2D eigenvalue weighted by atomic mass is 9.82. The van der Waals surface area contributed by atoms with Crippen molar-refractivity contribution >= 4 is 11.9 Å². The van der Waals surface area contributed by atoms with Gasteiger partial charge in [-0.15, -0.1) is 0 Å². The molecule has 0 aromatic heterocycles. The van der Waals surface area contributed by atoms with Crippen LogP contribution in [-0.4, -0.2) is 46.7 Å². The van der Waals surface area contributed by atoms with Crippen molar-refractivity contribution in [1.29, 1.82) is 0 Å². The minimum atomic E-state index is -0.870. The van der Waals surface area contributed by atoms with Gasteiger partial charge in [-0.3, -0.25) is 9.59 Å². The van der Waals surface area contributed by atoms with Crippen molar-refractivity contribution in [2.45, 2.75) is 25.4 Å². The van der Waals surface area contributed by atoms with Crippen LogP contribution in [0.15, 0.2) is 0 Å². The number of nitrogens with zero attached hydrogens (tertiary/aromatic N) is 1. The van der Waals surface area contributed by atoms with Crippen LogP contribution in [0.4, 0.5) is 0 Å². The zero-order valence-corrected chi connectivity index (χ0v) is 9.30. The highest BCUT2D eigenvalue weighted by atomic mass is 16.4. The molecule has 0 aliphatic heterocycles. The molecule has 0 heterocycles. The van der Waals surface area contributed by atoms with Gasteiger partial charge >= 0.3 is 5.97 Å². The van der Waals surface area contributed by atoms with Crippen LogP contribution in [0.1, 0.15) is 19.3 Å². The second-order valence-corrected chi connectivity index (χ2v) is 5.00. The van der Waals surface area contributed by atoms with Crippen molar-refractivity contribution in [3.05, 3.63) is 0 Å². The molecule has 2 N–H and O–H groups in total. The number of carboxylic acids is 1. The minimum absolute atomic E-state index is 0.0613. The molecule has 0 aromatic rings. The average Bonchev–Trinajstić information content (AvgIpc) is 2.93. The second kappa shape index (κ2) is 4.05. The van der Waals surface area contributed by atoms with Crippen molar-refractivity contribution in [3.8, 4) is 0 Å². The van der Waals surface area contributed by atoms with Crippen molar-refractivity contribution in [1.82, 2.24) is 4.90 Å². The van der Waals surface area contributed by atoms with E-state index in [1.54, 1.807) is 11.9 Å². The average molecular weight is 227 g/mol. The Bertz CT molecular complexity index is 311. The first-order chi connectivity index (χ1) is 7.49. The molecule has 0 bridgehead atoms. The Hall–Kier alpha value is -1.10. The predicted octanol–water partition coefficient (Wildman–Crippen LogP) is -0.0636. The number of carbonyl (C=O) groups excluding carboxylic acids is 1. The monoisotopic (exact) mass is 227 g/mol. The molecule has 1 amide bonds. The maximum atomic E-state index is 11.8. The van der Waals surface area contributed by atoms with Gasteiger partial charge in [0.25, 0.3) is 0 Å². The molecule has 0 radical (unpaired) electrons. The zero-order valence-electron chi connectivity index (χ0n) is 9.30. The molecule has 0 aromatic carbocycles. The summed E-state index contributed by atoms with van der Waals surface area (Å²) in [6.45, 7) is 0.638. The SMILES string of the molecule is CN(CC1CC(O)C1)C(=O)[C@@H]1C[C@@H]1C(=O)O. The van der Waals surface area contributed by atoms with E-state index in [9.17, 15) is 9.59 Å². The van der Waals surface area contributed by atoms with Gasteiger partial charge in [0.15, 0.2) is 0 Å². The first-order valence-corrected chi connectivity index (χ1v) is 5.65. The van der Waals surface area contributed by atoms with Crippen LogP contribution in [0.5, 0.6) is 0 Å². The first-order valence-electron chi connectivity index (χ1n) is 5.65. The van der Waals surface area contributed by atoms with Gasteiger partial charge in [0.05, 0.1) is 17.9 Å². The number of aliphatic hydroxyl groups is 1. The summed E-state index contributed by atoms with van der Waals surface area (Å²) in [4.78, 5) is 24.0. The van der Waals surface area contributed by atoms with Crippen LogP contribution in [0.3, 0.4) is 0 Å². The molecule has 0 saturated heterocycles.